The van der Waals surface area contributed by atoms with Gasteiger partial charge in [-0.2, -0.15) is 0 Å². The minimum Gasteiger partial charge on any atom is -0.494 e. The van der Waals surface area contributed by atoms with Crippen molar-refractivity contribution in [2.75, 3.05) is 13.2 Å². The van der Waals surface area contributed by atoms with E-state index in [1.54, 1.807) is 0 Å². The summed E-state index contributed by atoms with van der Waals surface area (Å²) in [6.45, 7) is 2.70. The first-order valence-corrected chi connectivity index (χ1v) is 9.32. The van der Waals surface area contributed by atoms with E-state index in [4.69, 9.17) is 4.74 Å². The quantitative estimate of drug-likeness (QED) is 0.707. The van der Waals surface area contributed by atoms with Crippen molar-refractivity contribution in [3.63, 3.8) is 0 Å². The SMILES string of the molecule is CCOc1ccc(CC(CNC(=O)C2CCCCCC2)C(=O)O)cc1. The summed E-state index contributed by atoms with van der Waals surface area (Å²) >= 11 is 0. The third-order valence-electron chi connectivity index (χ3n) is 4.81. The fourth-order valence-corrected chi connectivity index (χ4v) is 3.33. The Kier molecular flexibility index (Phi) is 7.76. The first-order chi connectivity index (χ1) is 12.1. The average molecular weight is 347 g/mol. The van der Waals surface area contributed by atoms with Crippen molar-refractivity contribution in [3.8, 4) is 5.75 Å². The van der Waals surface area contributed by atoms with Crippen molar-refractivity contribution in [2.45, 2.75) is 51.9 Å². The third kappa shape index (κ3) is 6.40. The number of hydrogen-bond donors (Lipinski definition) is 2. The summed E-state index contributed by atoms with van der Waals surface area (Å²) in [6.07, 6.45) is 6.80. The Hall–Kier alpha value is -2.04. The Morgan fingerprint density at radius 2 is 1.80 bits per heavy atom. The van der Waals surface area contributed by atoms with E-state index in [0.29, 0.717) is 13.0 Å². The van der Waals surface area contributed by atoms with Crippen LogP contribution in [0.1, 0.15) is 51.0 Å². The summed E-state index contributed by atoms with van der Waals surface area (Å²) in [5, 5.41) is 12.3. The lowest BCUT2D eigenvalue weighted by Crippen LogP contribution is -2.37. The molecule has 2 rings (SSSR count). The van der Waals surface area contributed by atoms with Gasteiger partial charge in [0.05, 0.1) is 12.5 Å². The fraction of sp³-hybridized carbons (Fsp3) is 0.600. The molecule has 0 aliphatic heterocycles. The number of nitrogens with one attached hydrogen (secondary N) is 1. The Morgan fingerprint density at radius 1 is 1.16 bits per heavy atom. The van der Waals surface area contributed by atoms with Gasteiger partial charge in [0.15, 0.2) is 0 Å². The van der Waals surface area contributed by atoms with Crippen LogP contribution < -0.4 is 10.1 Å². The van der Waals surface area contributed by atoms with E-state index in [1.807, 2.05) is 31.2 Å². The predicted molar refractivity (Wildman–Crippen MR) is 96.6 cm³/mol. The van der Waals surface area contributed by atoms with Crippen LogP contribution in [0.4, 0.5) is 0 Å². The molecule has 0 heterocycles. The zero-order chi connectivity index (χ0) is 18.1. The van der Waals surface area contributed by atoms with Gasteiger partial charge < -0.3 is 15.2 Å². The summed E-state index contributed by atoms with van der Waals surface area (Å²) in [5.41, 5.74) is 0.930. The number of ether oxygens (including phenoxy) is 1. The molecule has 5 nitrogen and oxygen atoms in total. The number of hydrogen-bond acceptors (Lipinski definition) is 3. The number of carboxylic acid groups (broad SMARTS) is 1. The molecule has 0 aromatic heterocycles. The first-order valence-electron chi connectivity index (χ1n) is 9.32. The van der Waals surface area contributed by atoms with Gasteiger partial charge in [-0.3, -0.25) is 9.59 Å². The molecule has 5 heteroatoms. The largest absolute Gasteiger partial charge is 0.494 e. The van der Waals surface area contributed by atoms with Gasteiger partial charge in [-0.05, 0) is 43.9 Å². The van der Waals surface area contributed by atoms with Crippen LogP contribution in [0, 0.1) is 11.8 Å². The second kappa shape index (κ2) is 10.1. The molecule has 0 radical (unpaired) electrons. The summed E-state index contributed by atoms with van der Waals surface area (Å²) in [4.78, 5) is 23.9. The molecule has 0 spiro atoms. The van der Waals surface area contributed by atoms with Crippen LogP contribution in [-0.4, -0.2) is 30.1 Å². The van der Waals surface area contributed by atoms with Crippen molar-refractivity contribution in [3.05, 3.63) is 29.8 Å². The zero-order valence-corrected chi connectivity index (χ0v) is 15.0. The molecular formula is C20H29NO4. The van der Waals surface area contributed by atoms with Crippen LogP contribution in [-0.2, 0) is 16.0 Å². The van der Waals surface area contributed by atoms with Crippen LogP contribution in [0.5, 0.6) is 5.75 Å². The van der Waals surface area contributed by atoms with Crippen LogP contribution in [0.25, 0.3) is 0 Å². The Morgan fingerprint density at radius 3 is 2.36 bits per heavy atom. The van der Waals surface area contributed by atoms with Crippen molar-refractivity contribution in [2.24, 2.45) is 11.8 Å². The van der Waals surface area contributed by atoms with Crippen molar-refractivity contribution in [1.29, 1.82) is 0 Å². The number of carbonyl (C=O) groups is 2. The van der Waals surface area contributed by atoms with Gasteiger partial charge in [0.2, 0.25) is 5.91 Å². The number of carboxylic acids is 1. The minimum atomic E-state index is -0.880. The van der Waals surface area contributed by atoms with Gasteiger partial charge in [-0.1, -0.05) is 37.8 Å². The molecule has 2 N–H and O–H groups in total. The van der Waals surface area contributed by atoms with Crippen LogP contribution in [0.3, 0.4) is 0 Å². The smallest absolute Gasteiger partial charge is 0.308 e. The van der Waals surface area contributed by atoms with Gasteiger partial charge in [0, 0.05) is 12.5 Å². The Labute approximate surface area is 149 Å². The van der Waals surface area contributed by atoms with E-state index < -0.39 is 11.9 Å². The molecule has 1 unspecified atom stereocenters. The normalized spacial score (nSPS) is 16.7. The van der Waals surface area contributed by atoms with Gasteiger partial charge in [-0.25, -0.2) is 0 Å². The number of rotatable bonds is 8. The highest BCUT2D eigenvalue weighted by molar-refractivity contribution is 5.79. The second-order valence-electron chi connectivity index (χ2n) is 6.75. The van der Waals surface area contributed by atoms with E-state index >= 15 is 0 Å². The third-order valence-corrected chi connectivity index (χ3v) is 4.81. The van der Waals surface area contributed by atoms with E-state index in [2.05, 4.69) is 5.32 Å². The van der Waals surface area contributed by atoms with Crippen molar-refractivity contribution in [1.82, 2.24) is 5.32 Å². The first kappa shape index (κ1) is 19.3. The van der Waals surface area contributed by atoms with E-state index in [-0.39, 0.29) is 18.4 Å². The molecule has 1 aliphatic carbocycles. The standard InChI is InChI=1S/C20H29NO4/c1-2-25-18-11-9-15(10-12-18)13-17(20(23)24)14-21-19(22)16-7-5-3-4-6-8-16/h9-12,16-17H,2-8,13-14H2,1H3,(H,21,22)(H,23,24). The number of benzene rings is 1. The molecule has 25 heavy (non-hydrogen) atoms. The van der Waals surface area contributed by atoms with Gasteiger partial charge in [0.1, 0.15) is 5.75 Å². The van der Waals surface area contributed by atoms with Crippen molar-refractivity contribution < 1.29 is 19.4 Å². The van der Waals surface area contributed by atoms with Crippen LogP contribution >= 0.6 is 0 Å². The van der Waals surface area contributed by atoms with Crippen LogP contribution in [0.2, 0.25) is 0 Å². The Balaban J connectivity index is 1.87. The number of carbonyl (C=O) groups excluding carboxylic acids is 1. The second-order valence-corrected chi connectivity index (χ2v) is 6.75. The van der Waals surface area contributed by atoms with Gasteiger partial charge in [-0.15, -0.1) is 0 Å². The summed E-state index contributed by atoms with van der Waals surface area (Å²) < 4.78 is 5.40. The zero-order valence-electron chi connectivity index (χ0n) is 15.0. The maximum absolute atomic E-state index is 12.3. The lowest BCUT2D eigenvalue weighted by atomic mass is 9.97. The molecule has 138 valence electrons. The number of amides is 1. The highest BCUT2D eigenvalue weighted by Crippen LogP contribution is 2.23. The molecular weight excluding hydrogens is 318 g/mol. The fourth-order valence-electron chi connectivity index (χ4n) is 3.33. The Bertz CT molecular complexity index is 547. The van der Waals surface area contributed by atoms with Gasteiger partial charge >= 0.3 is 5.97 Å². The molecule has 1 amide bonds. The summed E-state index contributed by atoms with van der Waals surface area (Å²) in [6, 6.07) is 7.46. The average Bonchev–Trinajstić information content (AvgIpc) is 2.89. The van der Waals surface area contributed by atoms with E-state index in [1.165, 1.54) is 12.8 Å². The molecule has 1 fully saturated rings. The molecule has 1 aromatic carbocycles. The van der Waals surface area contributed by atoms with Crippen LogP contribution in [0.15, 0.2) is 24.3 Å². The lowest BCUT2D eigenvalue weighted by molar-refractivity contribution is -0.141. The minimum absolute atomic E-state index is 0.0137. The highest BCUT2D eigenvalue weighted by Gasteiger charge is 2.23. The molecule has 1 atom stereocenters. The lowest BCUT2D eigenvalue weighted by Gasteiger charge is -2.17. The van der Waals surface area contributed by atoms with E-state index in [0.717, 1.165) is 37.0 Å². The molecule has 1 aromatic rings. The summed E-state index contributed by atoms with van der Waals surface area (Å²) in [5.74, 6) is -0.662. The summed E-state index contributed by atoms with van der Waals surface area (Å²) in [7, 11) is 0. The molecule has 1 saturated carbocycles. The maximum atomic E-state index is 12.3. The molecule has 0 bridgehead atoms. The van der Waals surface area contributed by atoms with Gasteiger partial charge in [0.25, 0.3) is 0 Å². The maximum Gasteiger partial charge on any atom is 0.308 e. The monoisotopic (exact) mass is 347 g/mol. The topological polar surface area (TPSA) is 75.6 Å². The highest BCUT2D eigenvalue weighted by atomic mass is 16.5. The molecule has 1 aliphatic rings. The predicted octanol–water partition coefficient (Wildman–Crippen LogP) is 3.42. The van der Waals surface area contributed by atoms with Crippen molar-refractivity contribution >= 4 is 11.9 Å². The number of aliphatic carboxylic acids is 1. The molecule has 0 saturated heterocycles. The van der Waals surface area contributed by atoms with E-state index in [9.17, 15) is 14.7 Å².